The van der Waals surface area contributed by atoms with Crippen LogP contribution in [0.15, 0.2) is 65.7 Å². The summed E-state index contributed by atoms with van der Waals surface area (Å²) in [7, 11) is -0.665. The van der Waals surface area contributed by atoms with E-state index in [9.17, 15) is 12.8 Å². The highest BCUT2D eigenvalue weighted by molar-refractivity contribution is 7.90. The first-order chi connectivity index (χ1) is 14.0. The van der Waals surface area contributed by atoms with E-state index in [1.807, 2.05) is 0 Å². The highest BCUT2D eigenvalue weighted by Crippen LogP contribution is 2.29. The number of hydrogen-bond acceptors (Lipinski definition) is 4. The Morgan fingerprint density at radius 2 is 1.93 bits per heavy atom. The zero-order valence-corrected chi connectivity index (χ0v) is 17.0. The van der Waals surface area contributed by atoms with Gasteiger partial charge in [-0.2, -0.15) is 0 Å². The average molecular weight is 412 g/mol. The topological polar surface area (TPSA) is 60.3 Å². The first-order valence-corrected chi connectivity index (χ1v) is 10.4. The minimum Gasteiger partial charge on any atom is -0.372 e. The molecule has 0 radical (unpaired) electrons. The lowest BCUT2D eigenvalue weighted by Crippen LogP contribution is -2.14. The maximum absolute atomic E-state index is 14.4. The van der Waals surface area contributed by atoms with E-state index in [1.165, 1.54) is 31.5 Å². The quantitative estimate of drug-likeness (QED) is 0.632. The Labute approximate surface area is 170 Å². The molecule has 7 heteroatoms. The van der Waals surface area contributed by atoms with Crippen LogP contribution in [0, 0.1) is 17.7 Å². The first kappa shape index (κ1) is 20.8. The fourth-order valence-corrected chi connectivity index (χ4v) is 4.36. The van der Waals surface area contributed by atoms with Gasteiger partial charge in [0.05, 0.1) is 10.6 Å². The zero-order chi connectivity index (χ0) is 20.9. The van der Waals surface area contributed by atoms with E-state index < -0.39 is 15.8 Å². The molecule has 0 amide bonds. The third kappa shape index (κ3) is 4.57. The summed E-state index contributed by atoms with van der Waals surface area (Å²) in [5, 5.41) is 2.99. The van der Waals surface area contributed by atoms with E-state index in [0.717, 1.165) is 9.54 Å². The molecule has 29 heavy (non-hydrogen) atoms. The van der Waals surface area contributed by atoms with Crippen molar-refractivity contribution in [2.45, 2.75) is 11.4 Å². The largest absolute Gasteiger partial charge is 0.372 e. The van der Waals surface area contributed by atoms with E-state index >= 15 is 0 Å². The van der Waals surface area contributed by atoms with Crippen LogP contribution >= 0.6 is 0 Å². The minimum atomic E-state index is -3.96. The number of benzene rings is 2. The van der Waals surface area contributed by atoms with Crippen molar-refractivity contribution in [3.05, 3.63) is 77.7 Å². The van der Waals surface area contributed by atoms with Gasteiger partial charge in [0.25, 0.3) is 10.0 Å². The van der Waals surface area contributed by atoms with Gasteiger partial charge in [-0.1, -0.05) is 30.0 Å². The standard InChI is InChI=1S/C22H21FN2O3S/c1-24-15-18-14-22(20-10-3-4-11-21(20)23)25(16-18)29(26,27)19-9-5-7-17(13-19)8-6-12-28-2/h3-5,7,9-11,13-14,16,24H,12,15H2,1-2H3. The predicted octanol–water partition coefficient (Wildman–Crippen LogP) is 3.25. The third-order valence-electron chi connectivity index (χ3n) is 4.21. The van der Waals surface area contributed by atoms with Gasteiger partial charge in [0.15, 0.2) is 0 Å². The van der Waals surface area contributed by atoms with Crippen LogP contribution in [0.25, 0.3) is 11.3 Å². The number of rotatable bonds is 6. The Morgan fingerprint density at radius 3 is 2.66 bits per heavy atom. The molecule has 0 spiro atoms. The van der Waals surface area contributed by atoms with Crippen molar-refractivity contribution >= 4 is 10.0 Å². The number of nitrogens with one attached hydrogen (secondary N) is 1. The van der Waals surface area contributed by atoms with Gasteiger partial charge >= 0.3 is 0 Å². The molecule has 3 aromatic rings. The number of aromatic nitrogens is 1. The van der Waals surface area contributed by atoms with E-state index in [1.54, 1.807) is 43.4 Å². The minimum absolute atomic E-state index is 0.0749. The lowest BCUT2D eigenvalue weighted by atomic mass is 10.1. The Hall–Kier alpha value is -2.92. The van der Waals surface area contributed by atoms with Crippen LogP contribution in [-0.2, 0) is 21.3 Å². The van der Waals surface area contributed by atoms with Crippen molar-refractivity contribution in [2.75, 3.05) is 20.8 Å². The van der Waals surface area contributed by atoms with Crippen LogP contribution in [0.5, 0.6) is 0 Å². The summed E-state index contributed by atoms with van der Waals surface area (Å²) in [4.78, 5) is 0.0749. The van der Waals surface area contributed by atoms with Crippen LogP contribution < -0.4 is 5.32 Å². The lowest BCUT2D eigenvalue weighted by molar-refractivity contribution is 0.240. The molecular formula is C22H21FN2O3S. The van der Waals surface area contributed by atoms with Crippen LogP contribution in [0.2, 0.25) is 0 Å². The third-order valence-corrected chi connectivity index (χ3v) is 5.88. The van der Waals surface area contributed by atoms with Crippen LogP contribution in [0.3, 0.4) is 0 Å². The maximum Gasteiger partial charge on any atom is 0.268 e. The predicted molar refractivity (Wildman–Crippen MR) is 110 cm³/mol. The van der Waals surface area contributed by atoms with Gasteiger partial charge < -0.3 is 10.1 Å². The molecule has 1 heterocycles. The van der Waals surface area contributed by atoms with E-state index in [-0.39, 0.29) is 22.8 Å². The highest BCUT2D eigenvalue weighted by atomic mass is 32.2. The molecule has 0 aliphatic heterocycles. The SMILES string of the molecule is CNCc1cc(-c2ccccc2F)n(S(=O)(=O)c2cccc(C#CCOC)c2)c1. The van der Waals surface area contributed by atoms with E-state index in [2.05, 4.69) is 17.2 Å². The van der Waals surface area contributed by atoms with Crippen LogP contribution in [0.1, 0.15) is 11.1 Å². The molecule has 1 N–H and O–H groups in total. The molecule has 0 aliphatic rings. The second-order valence-corrected chi connectivity index (χ2v) is 8.12. The van der Waals surface area contributed by atoms with E-state index in [4.69, 9.17) is 4.74 Å². The van der Waals surface area contributed by atoms with Crippen molar-refractivity contribution in [1.82, 2.24) is 9.29 Å². The molecule has 2 aromatic carbocycles. The molecule has 0 fully saturated rings. The summed E-state index contributed by atoms with van der Waals surface area (Å²) in [5.41, 5.74) is 1.77. The van der Waals surface area contributed by atoms with Crippen molar-refractivity contribution in [3.63, 3.8) is 0 Å². The molecule has 0 unspecified atom stereocenters. The van der Waals surface area contributed by atoms with Gasteiger partial charge in [-0.25, -0.2) is 16.8 Å². The lowest BCUT2D eigenvalue weighted by Gasteiger charge is -2.11. The van der Waals surface area contributed by atoms with Crippen molar-refractivity contribution < 1.29 is 17.5 Å². The second kappa shape index (κ2) is 9.05. The van der Waals surface area contributed by atoms with Gasteiger partial charge in [0, 0.05) is 31.0 Å². The molecule has 0 atom stereocenters. The van der Waals surface area contributed by atoms with Crippen LogP contribution in [-0.4, -0.2) is 33.2 Å². The maximum atomic E-state index is 14.4. The molecule has 1 aromatic heterocycles. The number of ether oxygens (including phenoxy) is 1. The molecule has 0 saturated carbocycles. The molecule has 150 valence electrons. The van der Waals surface area contributed by atoms with Crippen molar-refractivity contribution in [3.8, 4) is 23.1 Å². The summed E-state index contributed by atoms with van der Waals surface area (Å²) in [5.74, 6) is 5.19. The average Bonchev–Trinajstić information content (AvgIpc) is 3.14. The summed E-state index contributed by atoms with van der Waals surface area (Å²) in [6, 6.07) is 14.1. The Kier molecular flexibility index (Phi) is 6.49. The Balaban J connectivity index is 2.13. The molecule has 0 saturated heterocycles. The van der Waals surface area contributed by atoms with Gasteiger partial charge in [-0.15, -0.1) is 0 Å². The molecule has 0 aliphatic carbocycles. The van der Waals surface area contributed by atoms with Crippen LogP contribution in [0.4, 0.5) is 4.39 Å². The smallest absolute Gasteiger partial charge is 0.268 e. The molecule has 3 rings (SSSR count). The highest BCUT2D eigenvalue weighted by Gasteiger charge is 2.23. The molecule has 5 nitrogen and oxygen atoms in total. The Bertz CT molecular complexity index is 1170. The normalized spacial score (nSPS) is 11.1. The first-order valence-electron chi connectivity index (χ1n) is 8.91. The second-order valence-electron chi connectivity index (χ2n) is 6.31. The number of nitrogens with zero attached hydrogens (tertiary/aromatic N) is 1. The number of halogens is 1. The Morgan fingerprint density at radius 1 is 1.14 bits per heavy atom. The summed E-state index contributed by atoms with van der Waals surface area (Å²) < 4.78 is 47.2. The zero-order valence-electron chi connectivity index (χ0n) is 16.1. The van der Waals surface area contributed by atoms with E-state index in [0.29, 0.717) is 12.1 Å². The van der Waals surface area contributed by atoms with Gasteiger partial charge in [-0.05, 0) is 49.0 Å². The molecule has 0 bridgehead atoms. The number of hydrogen-bond donors (Lipinski definition) is 1. The summed E-state index contributed by atoms with van der Waals surface area (Å²) in [6.45, 7) is 0.700. The van der Waals surface area contributed by atoms with Crippen molar-refractivity contribution in [1.29, 1.82) is 0 Å². The fourth-order valence-electron chi connectivity index (χ4n) is 2.92. The van der Waals surface area contributed by atoms with Gasteiger partial charge in [0.2, 0.25) is 0 Å². The van der Waals surface area contributed by atoms with Gasteiger partial charge in [-0.3, -0.25) is 0 Å². The van der Waals surface area contributed by atoms with Crippen molar-refractivity contribution in [2.24, 2.45) is 0 Å². The van der Waals surface area contributed by atoms with Gasteiger partial charge in [0.1, 0.15) is 12.4 Å². The fraction of sp³-hybridized carbons (Fsp3) is 0.182. The molecular weight excluding hydrogens is 391 g/mol. The summed E-state index contributed by atoms with van der Waals surface area (Å²) in [6.07, 6.45) is 1.51. The number of methoxy groups -OCH3 is 1. The monoisotopic (exact) mass is 412 g/mol. The summed E-state index contributed by atoms with van der Waals surface area (Å²) >= 11 is 0.